The predicted molar refractivity (Wildman–Crippen MR) is 277 cm³/mol. The third-order valence-electron chi connectivity index (χ3n) is 14.8. The van der Waals surface area contributed by atoms with Crippen molar-refractivity contribution in [3.63, 3.8) is 0 Å². The van der Waals surface area contributed by atoms with Crippen LogP contribution in [-0.4, -0.2) is 185 Å². The topological polar surface area (TPSA) is 371 Å². The van der Waals surface area contributed by atoms with E-state index in [1.54, 1.807) is 6.07 Å². The molecule has 0 saturated carbocycles. The van der Waals surface area contributed by atoms with Crippen LogP contribution in [0.2, 0.25) is 0 Å². The second-order valence-electron chi connectivity index (χ2n) is 21.4. The smallest absolute Gasteiger partial charge is 0.248 e. The molecule has 3 saturated heterocycles. The molecule has 14 atom stereocenters. The average molecular weight is 1080 g/mol. The van der Waals surface area contributed by atoms with Crippen molar-refractivity contribution in [1.82, 2.24) is 36.4 Å². The number of unbranched alkanes of at least 4 members (excludes halogenated alkanes) is 5. The fourth-order valence-electron chi connectivity index (χ4n) is 10.3. The van der Waals surface area contributed by atoms with E-state index in [0.29, 0.717) is 42.2 Å². The van der Waals surface area contributed by atoms with Crippen LogP contribution in [-0.2, 0) is 51.2 Å². The SMILES string of the molecule is CCCc1cc(C[C@H](O)[C@@H]2NC(=O)[C@@H]3C[C@@H](O)CN3C(=O)[C@H]([C@@H](C)O)NC(=O)[C@H](NC(=O)CCCCCCCCC(C)CC(C)CC)C[C@@H](O)CNC(=O)[C@@H]3[C@@H](O)CCN3C(=O)[C@H]([C@@H](O)CC(N)=O)NC2=O)ccc1O. The Kier molecular flexibility index (Phi) is 25.3. The van der Waals surface area contributed by atoms with Crippen molar-refractivity contribution in [3.05, 3.63) is 29.3 Å². The summed E-state index contributed by atoms with van der Waals surface area (Å²) in [4.78, 5) is 113. The average Bonchev–Trinajstić information content (AvgIpc) is 3.95. The Morgan fingerprint density at radius 3 is 2.07 bits per heavy atom. The molecular weight excluding hydrogens is 989 g/mol. The summed E-state index contributed by atoms with van der Waals surface area (Å²) >= 11 is 0. The zero-order valence-electron chi connectivity index (χ0n) is 44.8. The molecule has 3 aliphatic rings. The van der Waals surface area contributed by atoms with Crippen molar-refractivity contribution in [3.8, 4) is 5.75 Å². The number of nitrogens with zero attached hydrogens (tertiary/aromatic N) is 2. The number of phenolic OH excluding ortho intramolecular Hbond substituents is 1. The molecule has 23 heteroatoms. The van der Waals surface area contributed by atoms with Gasteiger partial charge in [0, 0.05) is 45.3 Å². The zero-order valence-corrected chi connectivity index (χ0v) is 44.8. The van der Waals surface area contributed by atoms with Gasteiger partial charge in [0.05, 0.1) is 43.0 Å². The number of rotatable bonds is 22. The van der Waals surface area contributed by atoms with Crippen molar-refractivity contribution >= 4 is 47.3 Å². The number of aromatic hydroxyl groups is 1. The van der Waals surface area contributed by atoms with Crippen molar-refractivity contribution in [2.45, 2.75) is 217 Å². The third kappa shape index (κ3) is 18.6. The molecule has 1 aromatic rings. The number of β-amino-alcohol motifs (C(OH)–C–C–N with tert-alkyl or cyclic N) is 1. The normalized spacial score (nSPS) is 27.4. The number of nitrogens with one attached hydrogen (secondary N) is 5. The third-order valence-corrected chi connectivity index (χ3v) is 14.8. The molecule has 428 valence electrons. The van der Waals surface area contributed by atoms with Crippen molar-refractivity contribution in [1.29, 1.82) is 0 Å². The first-order valence-corrected chi connectivity index (χ1v) is 27.2. The van der Waals surface area contributed by atoms with Gasteiger partial charge in [0.2, 0.25) is 47.3 Å². The first-order valence-electron chi connectivity index (χ1n) is 27.2. The largest absolute Gasteiger partial charge is 0.508 e. The number of benzene rings is 1. The maximum absolute atomic E-state index is 14.5. The van der Waals surface area contributed by atoms with E-state index >= 15 is 0 Å². The van der Waals surface area contributed by atoms with E-state index < -0.39 is 152 Å². The van der Waals surface area contributed by atoms with Crippen molar-refractivity contribution < 1.29 is 74.1 Å². The standard InChI is InChI=1S/C53H86N8O15/c1-6-14-33-22-32(17-18-38(33)65)23-40(67)45-50(73)59-46(41(68)26-42(54)69)53(76)60-20-19-39(66)47(60)51(74)55-27-34(63)24-36(56-43(70)16-13-11-9-8-10-12-15-30(4)21-29(3)7-2)48(71)57-44(31(5)62)52(75)61-28-35(64)25-37(61)49(72)58-45/h17-18,22,29-31,34-37,39-41,44-47,62-68H,6-16,19-21,23-28H2,1-5H3,(H2,54,69)(H,55,74)(H,56,70)(H,57,71)(H,58,72)(H,59,73)/t29?,30?,31-,34-,35-,36-,37+,39+,40+,41+,44+,45+,46+,47+/m1/s1. The number of aliphatic hydroxyl groups is 6. The molecule has 8 amide bonds. The van der Waals surface area contributed by atoms with Crippen LogP contribution in [0.4, 0.5) is 0 Å². The monoisotopic (exact) mass is 1070 g/mol. The highest BCUT2D eigenvalue weighted by molar-refractivity contribution is 5.98. The number of amides is 8. The maximum Gasteiger partial charge on any atom is 0.248 e. The van der Waals surface area contributed by atoms with Crippen LogP contribution in [0.3, 0.4) is 0 Å². The Labute approximate surface area is 445 Å². The van der Waals surface area contributed by atoms with Crippen LogP contribution in [0.25, 0.3) is 0 Å². The molecule has 14 N–H and O–H groups in total. The Morgan fingerprint density at radius 2 is 1.41 bits per heavy atom. The quantitative estimate of drug-likeness (QED) is 0.0607. The van der Waals surface area contributed by atoms with Gasteiger partial charge in [-0.3, -0.25) is 38.4 Å². The fourth-order valence-corrected chi connectivity index (χ4v) is 10.3. The van der Waals surface area contributed by atoms with Crippen LogP contribution in [0.1, 0.15) is 142 Å². The minimum atomic E-state index is -2.10. The molecule has 3 fully saturated rings. The van der Waals surface area contributed by atoms with E-state index in [4.69, 9.17) is 5.73 Å². The number of hydrogen-bond acceptors (Lipinski definition) is 15. The minimum Gasteiger partial charge on any atom is -0.508 e. The maximum atomic E-state index is 14.5. The molecule has 23 nitrogen and oxygen atoms in total. The number of fused-ring (bicyclic) bond motifs is 2. The Hall–Kier alpha value is -5.46. The van der Waals surface area contributed by atoms with Gasteiger partial charge in [-0.1, -0.05) is 91.2 Å². The molecule has 1 aromatic carbocycles. The molecule has 0 aromatic heterocycles. The number of carbonyl (C=O) groups is 8. The van der Waals surface area contributed by atoms with Crippen LogP contribution >= 0.6 is 0 Å². The highest BCUT2D eigenvalue weighted by Crippen LogP contribution is 2.26. The lowest BCUT2D eigenvalue weighted by atomic mass is 9.91. The van der Waals surface area contributed by atoms with E-state index in [2.05, 4.69) is 47.4 Å². The molecule has 0 aliphatic carbocycles. The van der Waals surface area contributed by atoms with E-state index in [-0.39, 0.29) is 31.6 Å². The Balaban J connectivity index is 1.67. The number of phenols is 1. The first-order chi connectivity index (χ1) is 35.9. The zero-order chi connectivity index (χ0) is 56.4. The van der Waals surface area contributed by atoms with E-state index in [0.717, 1.165) is 54.7 Å². The summed E-state index contributed by atoms with van der Waals surface area (Å²) in [5, 5.41) is 89.9. The van der Waals surface area contributed by atoms with Crippen molar-refractivity contribution in [2.24, 2.45) is 17.6 Å². The van der Waals surface area contributed by atoms with E-state index in [1.165, 1.54) is 25.5 Å². The fraction of sp³-hybridized carbons (Fsp3) is 0.736. The highest BCUT2D eigenvalue weighted by atomic mass is 16.3. The highest BCUT2D eigenvalue weighted by Gasteiger charge is 2.48. The van der Waals surface area contributed by atoms with E-state index in [1.807, 2.05) is 6.92 Å². The summed E-state index contributed by atoms with van der Waals surface area (Å²) in [5.41, 5.74) is 6.29. The number of aliphatic hydroxyl groups excluding tert-OH is 6. The molecule has 3 aliphatic heterocycles. The van der Waals surface area contributed by atoms with Crippen LogP contribution in [0.15, 0.2) is 18.2 Å². The van der Waals surface area contributed by atoms with E-state index in [9.17, 15) is 74.1 Å². The molecule has 0 radical (unpaired) electrons. The minimum absolute atomic E-state index is 0.00419. The van der Waals surface area contributed by atoms with Gasteiger partial charge in [0.1, 0.15) is 42.0 Å². The summed E-state index contributed by atoms with van der Waals surface area (Å²) in [6.45, 7) is 8.37. The summed E-state index contributed by atoms with van der Waals surface area (Å²) in [6.07, 6.45) is -2.62. The number of nitrogens with two attached hydrogens (primary N) is 1. The molecule has 2 unspecified atom stereocenters. The van der Waals surface area contributed by atoms with Gasteiger partial charge in [-0.05, 0) is 61.6 Å². The predicted octanol–water partition coefficient (Wildman–Crippen LogP) is -1.20. The van der Waals surface area contributed by atoms with Gasteiger partial charge in [-0.15, -0.1) is 0 Å². The van der Waals surface area contributed by atoms with Crippen molar-refractivity contribution in [2.75, 3.05) is 19.6 Å². The number of aryl methyl sites for hydroxylation is 1. The summed E-state index contributed by atoms with van der Waals surface area (Å²) < 4.78 is 0. The molecule has 3 heterocycles. The van der Waals surface area contributed by atoms with Gasteiger partial charge in [-0.2, -0.15) is 0 Å². The second kappa shape index (κ2) is 30.5. The lowest BCUT2D eigenvalue weighted by Gasteiger charge is -2.33. The van der Waals surface area contributed by atoms with Crippen LogP contribution in [0, 0.1) is 11.8 Å². The lowest BCUT2D eigenvalue weighted by molar-refractivity contribution is -0.147. The molecule has 4 rings (SSSR count). The van der Waals surface area contributed by atoms with Crippen LogP contribution in [0.5, 0.6) is 5.75 Å². The lowest BCUT2D eigenvalue weighted by Crippen LogP contribution is -2.64. The molecular formula is C53H86N8O15. The summed E-state index contributed by atoms with van der Waals surface area (Å²) in [5.74, 6) is -7.08. The Bertz CT molecular complexity index is 2130. The summed E-state index contributed by atoms with van der Waals surface area (Å²) in [6, 6.07) is -6.41. The van der Waals surface area contributed by atoms with Gasteiger partial charge in [0.25, 0.3) is 0 Å². The Morgan fingerprint density at radius 1 is 0.763 bits per heavy atom. The second-order valence-corrected chi connectivity index (χ2v) is 21.4. The summed E-state index contributed by atoms with van der Waals surface area (Å²) in [7, 11) is 0. The molecule has 0 spiro atoms. The van der Waals surface area contributed by atoms with Gasteiger partial charge < -0.3 is 77.9 Å². The number of carbonyl (C=O) groups excluding carboxylic acids is 8. The van der Waals surface area contributed by atoms with Gasteiger partial charge in [-0.25, -0.2) is 0 Å². The van der Waals surface area contributed by atoms with Gasteiger partial charge in [0.15, 0.2) is 0 Å². The van der Waals surface area contributed by atoms with Gasteiger partial charge >= 0.3 is 0 Å². The number of hydrogen-bond donors (Lipinski definition) is 13. The molecule has 76 heavy (non-hydrogen) atoms. The van der Waals surface area contributed by atoms with Crippen LogP contribution < -0.4 is 32.3 Å². The first kappa shape index (κ1) is 63.1. The molecule has 0 bridgehead atoms. The number of primary amides is 1.